The highest BCUT2D eigenvalue weighted by atomic mass is 16.1. The molecule has 0 bridgehead atoms. The van der Waals surface area contributed by atoms with Crippen molar-refractivity contribution in [3.05, 3.63) is 29.8 Å². The lowest BCUT2D eigenvalue weighted by Crippen LogP contribution is -2.25. The van der Waals surface area contributed by atoms with Crippen LogP contribution in [0.4, 0.5) is 5.69 Å². The number of carbonyl (C=O) groups excluding carboxylic acids is 1. The average Bonchev–Trinajstić information content (AvgIpc) is 2.25. The number of carbonyl (C=O) groups is 1. The van der Waals surface area contributed by atoms with Crippen molar-refractivity contribution in [3.8, 4) is 0 Å². The van der Waals surface area contributed by atoms with E-state index in [1.807, 2.05) is 36.2 Å². The smallest absolute Gasteiger partial charge is 0.219 e. The molecule has 0 fully saturated rings. The van der Waals surface area contributed by atoms with Gasteiger partial charge in [-0.25, -0.2) is 0 Å². The molecule has 0 radical (unpaired) electrons. The number of primary amides is 1. The molecule has 4 nitrogen and oxygen atoms in total. The minimum Gasteiger partial charge on any atom is -0.374 e. The van der Waals surface area contributed by atoms with Crippen LogP contribution in [0.2, 0.25) is 0 Å². The Bertz CT molecular complexity index is 338. The number of hydrogen-bond donors (Lipinski definition) is 2. The fourth-order valence-corrected chi connectivity index (χ4v) is 1.45. The van der Waals surface area contributed by atoms with Gasteiger partial charge in [0.25, 0.3) is 0 Å². The van der Waals surface area contributed by atoms with Gasteiger partial charge < -0.3 is 16.4 Å². The summed E-state index contributed by atoms with van der Waals surface area (Å²) in [4.78, 5) is 12.7. The van der Waals surface area contributed by atoms with E-state index in [9.17, 15) is 4.79 Å². The third-order valence-corrected chi connectivity index (χ3v) is 2.32. The Morgan fingerprint density at radius 2 is 2.07 bits per heavy atom. The summed E-state index contributed by atoms with van der Waals surface area (Å²) < 4.78 is 0. The summed E-state index contributed by atoms with van der Waals surface area (Å²) in [6.07, 6.45) is 0.357. The third kappa shape index (κ3) is 3.25. The van der Waals surface area contributed by atoms with E-state index in [1.54, 1.807) is 0 Å². The molecule has 1 aromatic carbocycles. The van der Waals surface area contributed by atoms with Crippen LogP contribution >= 0.6 is 0 Å². The molecule has 0 aliphatic rings. The number of hydrogen-bond acceptors (Lipinski definition) is 3. The van der Waals surface area contributed by atoms with Gasteiger partial charge in [0.1, 0.15) is 0 Å². The van der Waals surface area contributed by atoms with Crippen molar-refractivity contribution in [2.24, 2.45) is 11.5 Å². The van der Waals surface area contributed by atoms with Gasteiger partial charge in [0, 0.05) is 32.2 Å². The SMILES string of the molecule is CN(CCC(N)=O)c1ccccc1CN. The number of rotatable bonds is 5. The van der Waals surface area contributed by atoms with Crippen molar-refractivity contribution in [2.45, 2.75) is 13.0 Å². The first-order chi connectivity index (χ1) is 7.15. The minimum atomic E-state index is -0.285. The van der Waals surface area contributed by atoms with Crippen molar-refractivity contribution in [3.63, 3.8) is 0 Å². The highest BCUT2D eigenvalue weighted by Gasteiger charge is 2.06. The van der Waals surface area contributed by atoms with Crippen molar-refractivity contribution in [2.75, 3.05) is 18.5 Å². The van der Waals surface area contributed by atoms with Gasteiger partial charge in [-0.2, -0.15) is 0 Å². The molecule has 0 saturated heterocycles. The van der Waals surface area contributed by atoms with Crippen molar-refractivity contribution in [1.82, 2.24) is 0 Å². The minimum absolute atomic E-state index is 0.285. The first-order valence-corrected chi connectivity index (χ1v) is 4.92. The largest absolute Gasteiger partial charge is 0.374 e. The molecule has 0 aromatic heterocycles. The zero-order chi connectivity index (χ0) is 11.3. The molecule has 0 saturated carbocycles. The molecular weight excluding hydrogens is 190 g/mol. The van der Waals surface area contributed by atoms with Gasteiger partial charge in [0.2, 0.25) is 5.91 Å². The first kappa shape index (κ1) is 11.5. The van der Waals surface area contributed by atoms with Crippen molar-refractivity contribution >= 4 is 11.6 Å². The molecule has 1 aromatic rings. The number of para-hydroxylation sites is 1. The molecule has 4 heteroatoms. The van der Waals surface area contributed by atoms with Crippen LogP contribution in [0.25, 0.3) is 0 Å². The van der Waals surface area contributed by atoms with Crippen LogP contribution in [0, 0.1) is 0 Å². The summed E-state index contributed by atoms with van der Waals surface area (Å²) in [5.41, 5.74) is 12.9. The van der Waals surface area contributed by atoms with Crippen LogP contribution < -0.4 is 16.4 Å². The van der Waals surface area contributed by atoms with Crippen molar-refractivity contribution in [1.29, 1.82) is 0 Å². The van der Waals surface area contributed by atoms with Gasteiger partial charge in [0.05, 0.1) is 0 Å². The molecule has 0 spiro atoms. The van der Waals surface area contributed by atoms with Gasteiger partial charge in [-0.3, -0.25) is 4.79 Å². The monoisotopic (exact) mass is 207 g/mol. The van der Waals surface area contributed by atoms with E-state index in [0.29, 0.717) is 19.5 Å². The van der Waals surface area contributed by atoms with E-state index in [1.165, 1.54) is 0 Å². The second-order valence-electron chi connectivity index (χ2n) is 3.47. The van der Waals surface area contributed by atoms with Gasteiger partial charge in [-0.1, -0.05) is 18.2 Å². The maximum atomic E-state index is 10.7. The molecule has 0 unspecified atom stereocenters. The van der Waals surface area contributed by atoms with Crippen LogP contribution in [0.3, 0.4) is 0 Å². The summed E-state index contributed by atoms with van der Waals surface area (Å²) >= 11 is 0. The molecular formula is C11H17N3O. The third-order valence-electron chi connectivity index (χ3n) is 2.32. The van der Waals surface area contributed by atoms with E-state index < -0.39 is 0 Å². The fraction of sp³-hybridized carbons (Fsp3) is 0.364. The number of amides is 1. The fourth-order valence-electron chi connectivity index (χ4n) is 1.45. The van der Waals surface area contributed by atoms with Crippen LogP contribution in [-0.2, 0) is 11.3 Å². The number of nitrogens with zero attached hydrogens (tertiary/aromatic N) is 1. The van der Waals surface area contributed by atoms with E-state index in [2.05, 4.69) is 0 Å². The van der Waals surface area contributed by atoms with E-state index in [4.69, 9.17) is 11.5 Å². The molecule has 0 atom stereocenters. The predicted octanol–water partition coefficient (Wildman–Crippen LogP) is 0.457. The molecule has 0 heterocycles. The molecule has 15 heavy (non-hydrogen) atoms. The van der Waals surface area contributed by atoms with Crippen LogP contribution in [-0.4, -0.2) is 19.5 Å². The average molecular weight is 207 g/mol. The molecule has 0 aliphatic carbocycles. The van der Waals surface area contributed by atoms with E-state index >= 15 is 0 Å². The molecule has 1 rings (SSSR count). The highest BCUT2D eigenvalue weighted by Crippen LogP contribution is 2.18. The van der Waals surface area contributed by atoms with Crippen LogP contribution in [0.15, 0.2) is 24.3 Å². The van der Waals surface area contributed by atoms with Gasteiger partial charge in [0.15, 0.2) is 0 Å². The molecule has 0 aliphatic heterocycles. The zero-order valence-corrected chi connectivity index (χ0v) is 8.94. The second-order valence-corrected chi connectivity index (χ2v) is 3.47. The van der Waals surface area contributed by atoms with E-state index in [-0.39, 0.29) is 5.91 Å². The zero-order valence-electron chi connectivity index (χ0n) is 8.94. The summed E-state index contributed by atoms with van der Waals surface area (Å²) in [7, 11) is 1.93. The Hall–Kier alpha value is -1.55. The maximum Gasteiger partial charge on any atom is 0.219 e. The summed E-state index contributed by atoms with van der Waals surface area (Å²) in [6.45, 7) is 1.11. The Morgan fingerprint density at radius 3 is 2.67 bits per heavy atom. The lowest BCUT2D eigenvalue weighted by molar-refractivity contribution is -0.117. The topological polar surface area (TPSA) is 72.3 Å². The lowest BCUT2D eigenvalue weighted by Gasteiger charge is -2.21. The second kappa shape index (κ2) is 5.36. The Balaban J connectivity index is 2.72. The summed E-state index contributed by atoms with van der Waals surface area (Å²) in [5.74, 6) is -0.285. The summed E-state index contributed by atoms with van der Waals surface area (Å²) in [5, 5.41) is 0. The Labute approximate surface area is 89.9 Å². The Kier molecular flexibility index (Phi) is 4.12. The number of anilines is 1. The molecule has 4 N–H and O–H groups in total. The maximum absolute atomic E-state index is 10.7. The lowest BCUT2D eigenvalue weighted by atomic mass is 10.1. The van der Waals surface area contributed by atoms with E-state index in [0.717, 1.165) is 11.3 Å². The molecule has 1 amide bonds. The number of nitrogens with two attached hydrogens (primary N) is 2. The van der Waals surface area contributed by atoms with Gasteiger partial charge in [-0.05, 0) is 11.6 Å². The first-order valence-electron chi connectivity index (χ1n) is 4.92. The van der Waals surface area contributed by atoms with Gasteiger partial charge in [-0.15, -0.1) is 0 Å². The highest BCUT2D eigenvalue weighted by molar-refractivity contribution is 5.74. The number of benzene rings is 1. The van der Waals surface area contributed by atoms with Crippen LogP contribution in [0.1, 0.15) is 12.0 Å². The Morgan fingerprint density at radius 1 is 1.40 bits per heavy atom. The standard InChI is InChI=1S/C11H17N3O/c1-14(7-6-11(13)15)10-5-3-2-4-9(10)8-12/h2-5H,6-8,12H2,1H3,(H2,13,15). The normalized spacial score (nSPS) is 10.0. The molecule has 82 valence electrons. The predicted molar refractivity (Wildman–Crippen MR) is 61.4 cm³/mol. The van der Waals surface area contributed by atoms with Crippen LogP contribution in [0.5, 0.6) is 0 Å². The van der Waals surface area contributed by atoms with Gasteiger partial charge >= 0.3 is 0 Å². The summed E-state index contributed by atoms with van der Waals surface area (Å²) in [6, 6.07) is 7.88. The van der Waals surface area contributed by atoms with Crippen molar-refractivity contribution < 1.29 is 4.79 Å². The quantitative estimate of drug-likeness (QED) is 0.736.